The molecule has 0 fully saturated rings. The second-order valence-electron chi connectivity index (χ2n) is 2.21. The molecule has 0 bridgehead atoms. The van der Waals surface area contributed by atoms with Crippen LogP contribution >= 0.6 is 20.7 Å². The molecule has 1 aromatic heterocycles. The van der Waals surface area contributed by atoms with Crippen molar-refractivity contribution in [2.75, 3.05) is 0 Å². The Labute approximate surface area is 96.3 Å². The van der Waals surface area contributed by atoms with Crippen molar-refractivity contribution in [2.45, 2.75) is 0 Å². The molecule has 0 saturated carbocycles. The fourth-order valence-electron chi connectivity index (χ4n) is 0.944. The highest BCUT2D eigenvalue weighted by Crippen LogP contribution is 2.26. The summed E-state index contributed by atoms with van der Waals surface area (Å²) in [5.74, 6) is 0. The maximum Gasteiger partial charge on any atom is 0.292 e. The van der Waals surface area contributed by atoms with Crippen molar-refractivity contribution >= 4 is 20.7 Å². The van der Waals surface area contributed by atoms with E-state index in [-0.39, 0.29) is 24.0 Å². The fourth-order valence-corrected chi connectivity index (χ4v) is 2.84. The van der Waals surface area contributed by atoms with Gasteiger partial charge in [-0.2, -0.15) is 0 Å². The number of hydrogen-bond donors (Lipinski definition) is 0. The maximum absolute atomic E-state index is 2.16. The van der Waals surface area contributed by atoms with Crippen LogP contribution in [-0.4, -0.2) is 0 Å². The van der Waals surface area contributed by atoms with Crippen molar-refractivity contribution in [3.63, 3.8) is 0 Å². The van der Waals surface area contributed by atoms with E-state index < -0.39 is 0 Å². The summed E-state index contributed by atoms with van der Waals surface area (Å²) in [5.41, 5.74) is 1.32. The SMILES string of the molecule is [I-].c1ccc(-c2cc[s+]s2)cc1. The van der Waals surface area contributed by atoms with Crippen LogP contribution in [0.5, 0.6) is 0 Å². The summed E-state index contributed by atoms with van der Waals surface area (Å²) >= 11 is 0. The maximum atomic E-state index is 2.16. The molecular weight excluding hydrogens is 299 g/mol. The van der Waals surface area contributed by atoms with Gasteiger partial charge in [0, 0.05) is 6.07 Å². The van der Waals surface area contributed by atoms with Gasteiger partial charge in [0.05, 0.1) is 4.88 Å². The molecule has 2 rings (SSSR count). The summed E-state index contributed by atoms with van der Waals surface area (Å²) in [6, 6.07) is 12.6. The van der Waals surface area contributed by atoms with Gasteiger partial charge in [0.15, 0.2) is 10.3 Å². The molecule has 0 N–H and O–H groups in total. The summed E-state index contributed by atoms with van der Waals surface area (Å²) in [6.07, 6.45) is 0. The Morgan fingerprint density at radius 3 is 2.33 bits per heavy atom. The van der Waals surface area contributed by atoms with Crippen LogP contribution in [-0.2, 0) is 0 Å². The zero-order chi connectivity index (χ0) is 7.52. The minimum absolute atomic E-state index is 0. The van der Waals surface area contributed by atoms with Crippen LogP contribution in [0.1, 0.15) is 0 Å². The zero-order valence-electron chi connectivity index (χ0n) is 6.24. The average Bonchev–Trinajstić information content (AvgIpc) is 2.58. The molecule has 0 aliphatic heterocycles. The van der Waals surface area contributed by atoms with E-state index in [9.17, 15) is 0 Å². The first-order valence-electron chi connectivity index (χ1n) is 3.39. The molecule has 0 aliphatic carbocycles. The Balaban J connectivity index is 0.000000720. The van der Waals surface area contributed by atoms with Gasteiger partial charge in [-0.15, -0.1) is 0 Å². The zero-order valence-corrected chi connectivity index (χ0v) is 10.0. The molecule has 0 spiro atoms. The van der Waals surface area contributed by atoms with E-state index >= 15 is 0 Å². The van der Waals surface area contributed by atoms with Crippen LogP contribution in [0.15, 0.2) is 41.8 Å². The van der Waals surface area contributed by atoms with Crippen molar-refractivity contribution in [1.82, 2.24) is 0 Å². The predicted octanol–water partition coefficient (Wildman–Crippen LogP) is 0.762. The quantitative estimate of drug-likeness (QED) is 0.415. The monoisotopic (exact) mass is 306 g/mol. The molecule has 0 unspecified atom stereocenters. The van der Waals surface area contributed by atoms with E-state index in [1.54, 1.807) is 10.3 Å². The topological polar surface area (TPSA) is 0 Å². The molecule has 0 amide bonds. The van der Waals surface area contributed by atoms with Crippen LogP contribution in [0.25, 0.3) is 10.4 Å². The second-order valence-corrected chi connectivity index (χ2v) is 4.36. The number of halogens is 1. The van der Waals surface area contributed by atoms with E-state index in [1.807, 2.05) is 16.4 Å². The molecule has 0 saturated heterocycles. The van der Waals surface area contributed by atoms with Crippen molar-refractivity contribution < 1.29 is 24.0 Å². The molecule has 62 valence electrons. The van der Waals surface area contributed by atoms with E-state index in [0.29, 0.717) is 0 Å². The Kier molecular flexibility index (Phi) is 4.11. The van der Waals surface area contributed by atoms with Gasteiger partial charge in [-0.25, -0.2) is 0 Å². The number of benzene rings is 1. The molecule has 1 heterocycles. The highest BCUT2D eigenvalue weighted by molar-refractivity contribution is 7.70. The highest BCUT2D eigenvalue weighted by Gasteiger charge is 2.03. The minimum Gasteiger partial charge on any atom is -1.00 e. The highest BCUT2D eigenvalue weighted by atomic mass is 127. The van der Waals surface area contributed by atoms with Crippen molar-refractivity contribution in [3.8, 4) is 10.4 Å². The summed E-state index contributed by atoms with van der Waals surface area (Å²) in [6.45, 7) is 0. The summed E-state index contributed by atoms with van der Waals surface area (Å²) in [5, 5.41) is 2.12. The largest absolute Gasteiger partial charge is 1.00 e. The molecule has 0 nitrogen and oxygen atoms in total. The van der Waals surface area contributed by atoms with Crippen LogP contribution in [0.4, 0.5) is 0 Å². The van der Waals surface area contributed by atoms with Crippen LogP contribution in [0, 0.1) is 0 Å². The van der Waals surface area contributed by atoms with Crippen LogP contribution < -0.4 is 24.0 Å². The standard InChI is InChI=1S/C9H7S2.HI/c1-2-4-8(5-3-1)9-6-7-10-11-9;/h1-7H;1H/q+1;/p-1. The Morgan fingerprint density at radius 1 is 1.00 bits per heavy atom. The molecule has 0 atom stereocenters. The lowest BCUT2D eigenvalue weighted by molar-refractivity contribution is -0.00000197. The van der Waals surface area contributed by atoms with Gasteiger partial charge in [0.25, 0.3) is 10.3 Å². The van der Waals surface area contributed by atoms with Gasteiger partial charge in [-0.05, 0) is 5.56 Å². The first-order valence-corrected chi connectivity index (χ1v) is 5.60. The van der Waals surface area contributed by atoms with E-state index in [4.69, 9.17) is 0 Å². The van der Waals surface area contributed by atoms with Crippen molar-refractivity contribution in [2.24, 2.45) is 0 Å². The molecule has 0 radical (unpaired) electrons. The summed E-state index contributed by atoms with van der Waals surface area (Å²) in [7, 11) is 3.59. The van der Waals surface area contributed by atoms with E-state index in [2.05, 4.69) is 35.7 Å². The van der Waals surface area contributed by atoms with Gasteiger partial charge >= 0.3 is 0 Å². The molecule has 0 aliphatic rings. The smallest absolute Gasteiger partial charge is 0.292 e. The Bertz CT molecular complexity index is 316. The third kappa shape index (κ3) is 2.24. The lowest BCUT2D eigenvalue weighted by Gasteiger charge is -1.89. The van der Waals surface area contributed by atoms with Crippen molar-refractivity contribution in [3.05, 3.63) is 41.8 Å². The molecule has 2 aromatic rings. The first kappa shape index (κ1) is 10.1. The Hall–Kier alpha value is -0.0000000000000000555. The van der Waals surface area contributed by atoms with Crippen LogP contribution in [0.3, 0.4) is 0 Å². The first-order chi connectivity index (χ1) is 5.47. The van der Waals surface area contributed by atoms with E-state index in [0.717, 1.165) is 0 Å². The summed E-state index contributed by atoms with van der Waals surface area (Å²) < 4.78 is 0. The minimum atomic E-state index is 0. The van der Waals surface area contributed by atoms with Gasteiger partial charge in [0.2, 0.25) is 5.38 Å². The number of rotatable bonds is 1. The lowest BCUT2D eigenvalue weighted by Crippen LogP contribution is -3.00. The van der Waals surface area contributed by atoms with Gasteiger partial charge in [-0.1, -0.05) is 30.3 Å². The van der Waals surface area contributed by atoms with Gasteiger partial charge in [0.1, 0.15) is 0 Å². The summed E-state index contributed by atoms with van der Waals surface area (Å²) in [4.78, 5) is 1.36. The predicted molar refractivity (Wildman–Crippen MR) is 52.0 cm³/mol. The van der Waals surface area contributed by atoms with Gasteiger partial charge < -0.3 is 24.0 Å². The Morgan fingerprint density at radius 2 is 1.75 bits per heavy atom. The van der Waals surface area contributed by atoms with Gasteiger partial charge in [-0.3, -0.25) is 0 Å². The molecule has 1 aromatic carbocycles. The normalized spacial score (nSPS) is 9.00. The molecule has 12 heavy (non-hydrogen) atoms. The number of hydrogen-bond acceptors (Lipinski definition) is 1. The second kappa shape index (κ2) is 4.89. The fraction of sp³-hybridized carbons (Fsp3) is 0. The third-order valence-corrected chi connectivity index (χ3v) is 3.53. The van der Waals surface area contributed by atoms with E-state index in [1.165, 1.54) is 10.4 Å². The third-order valence-electron chi connectivity index (χ3n) is 1.47. The van der Waals surface area contributed by atoms with Crippen molar-refractivity contribution in [1.29, 1.82) is 0 Å². The lowest BCUT2D eigenvalue weighted by atomic mass is 10.2. The van der Waals surface area contributed by atoms with Crippen LogP contribution in [0.2, 0.25) is 0 Å². The molecular formula is C9H7IS2. The average molecular weight is 306 g/mol. The molecule has 3 heteroatoms.